The van der Waals surface area contributed by atoms with Crippen LogP contribution in [-0.2, 0) is 49.7 Å². The summed E-state index contributed by atoms with van der Waals surface area (Å²) >= 11 is 3.78. The van der Waals surface area contributed by atoms with Gasteiger partial charge in [-0.2, -0.15) is 17.6 Å². The molecule has 0 aliphatic rings. The highest BCUT2D eigenvalue weighted by Crippen LogP contribution is 2.13. The molecule has 32 heteroatoms. The zero-order chi connectivity index (χ0) is 55.4. The maximum Gasteiger partial charge on any atom is 0.327 e. The summed E-state index contributed by atoms with van der Waals surface area (Å²) in [7, 11) is 0. The van der Waals surface area contributed by atoms with Crippen LogP contribution < -0.4 is 60.0 Å². The lowest BCUT2D eigenvalue weighted by atomic mass is 10.1. The highest BCUT2D eigenvalue weighted by Gasteiger charge is 2.28. The molecule has 2 aromatic heterocycles. The molecule has 2 heterocycles. The number of nitrogens with zero attached hydrogens (tertiary/aromatic N) is 4. The van der Waals surface area contributed by atoms with Crippen LogP contribution in [0.5, 0.6) is 0 Å². The number of carbonyl (C=O) groups is 10. The third kappa shape index (κ3) is 25.4. The minimum Gasteiger partial charge on any atom is -0.481 e. The molecule has 19 N–H and O–H groups in total. The summed E-state index contributed by atoms with van der Waals surface area (Å²) < 4.78 is 0. The number of benzene rings is 1. The van der Waals surface area contributed by atoms with Gasteiger partial charge in [0.15, 0.2) is 17.1 Å². The van der Waals surface area contributed by atoms with Gasteiger partial charge in [-0.25, -0.2) is 19.6 Å². The lowest BCUT2D eigenvalue weighted by molar-refractivity contribution is -0.142. The second-order valence-corrected chi connectivity index (χ2v) is 15.2. The molecule has 0 fully saturated rings. The number of guanidine groups is 1. The van der Waals surface area contributed by atoms with Gasteiger partial charge in [-0.15, -0.1) is 0 Å². The van der Waals surface area contributed by atoms with Gasteiger partial charge in [0.05, 0.1) is 44.4 Å². The smallest absolute Gasteiger partial charge is 0.327 e. The van der Waals surface area contributed by atoms with Crippen LogP contribution >= 0.6 is 12.6 Å². The molecule has 2 unspecified atom stereocenters. The molecule has 3 rings (SSSR count). The van der Waals surface area contributed by atoms with Crippen LogP contribution in [0.3, 0.4) is 0 Å². The minimum absolute atomic E-state index is 0.00772. The van der Waals surface area contributed by atoms with E-state index in [-0.39, 0.29) is 59.5 Å². The summed E-state index contributed by atoms with van der Waals surface area (Å²) in [4.78, 5) is 148. The van der Waals surface area contributed by atoms with Crippen molar-refractivity contribution in [3.05, 3.63) is 64.3 Å². The average Bonchev–Trinajstić information content (AvgIpc) is 3.30. The van der Waals surface area contributed by atoms with E-state index < -0.39 is 115 Å². The summed E-state index contributed by atoms with van der Waals surface area (Å²) in [6.07, 6.45) is 0.139. The Bertz CT molecular complexity index is 2550. The number of aromatic amines is 1. The Balaban J connectivity index is 0.00000217. The van der Waals surface area contributed by atoms with E-state index in [1.807, 2.05) is 6.92 Å². The van der Waals surface area contributed by atoms with Gasteiger partial charge in [0.25, 0.3) is 17.4 Å². The van der Waals surface area contributed by atoms with Crippen molar-refractivity contribution < 1.29 is 73.5 Å². The minimum atomic E-state index is -1.76. The van der Waals surface area contributed by atoms with E-state index >= 15 is 0 Å². The Labute approximate surface area is 419 Å². The van der Waals surface area contributed by atoms with Crippen LogP contribution in [0.25, 0.3) is 11.2 Å². The third-order valence-corrected chi connectivity index (χ3v) is 9.09. The first kappa shape index (κ1) is 61.9. The highest BCUT2D eigenvalue weighted by atomic mass is 32.1. The van der Waals surface area contributed by atoms with E-state index in [0.29, 0.717) is 11.4 Å². The SMILES string of the molecule is C=C(CC[C@@H](NC(=O)c1ccc(NCc2cnc3nc(N)[nH]c(=O)c3n2)cc1)C(=O)O)N[C@H](CC(=O)O)C(=O)NCC(=O)NC(CC(=O)O)C(=O)NCC(=O)NC(CS)C(=O)O.CC(=O)O.CCCN=C(N)N. The molecule has 73 heavy (non-hydrogen) atoms. The van der Waals surface area contributed by atoms with Crippen LogP contribution in [0, 0.1) is 0 Å². The van der Waals surface area contributed by atoms with Crippen LogP contribution in [0.1, 0.15) is 62.0 Å². The summed E-state index contributed by atoms with van der Waals surface area (Å²) in [5, 5.41) is 61.0. The van der Waals surface area contributed by atoms with Gasteiger partial charge in [-0.05, 0) is 43.5 Å². The predicted molar refractivity (Wildman–Crippen MR) is 260 cm³/mol. The zero-order valence-corrected chi connectivity index (χ0v) is 40.1. The number of amides is 5. The maximum absolute atomic E-state index is 12.9. The zero-order valence-electron chi connectivity index (χ0n) is 39.2. The number of H-pyrrole nitrogens is 1. The Morgan fingerprint density at radius 1 is 0.781 bits per heavy atom. The van der Waals surface area contributed by atoms with Gasteiger partial charge in [0, 0.05) is 36.2 Å². The number of hydrogen-bond acceptors (Lipinski definition) is 19. The van der Waals surface area contributed by atoms with Gasteiger partial charge < -0.3 is 80.0 Å². The number of aliphatic carboxylic acids is 5. The number of thiol groups is 1. The Morgan fingerprint density at radius 2 is 1.30 bits per heavy atom. The maximum atomic E-state index is 12.9. The number of rotatable bonds is 27. The molecule has 31 nitrogen and oxygen atoms in total. The Morgan fingerprint density at radius 3 is 1.77 bits per heavy atom. The molecule has 3 aromatic rings. The van der Waals surface area contributed by atoms with Crippen molar-refractivity contribution >= 4 is 101 Å². The molecule has 0 spiro atoms. The fourth-order valence-corrected chi connectivity index (χ4v) is 5.64. The van der Waals surface area contributed by atoms with E-state index in [1.165, 1.54) is 18.3 Å². The quantitative estimate of drug-likeness (QED) is 0.0198. The molecule has 398 valence electrons. The number of anilines is 2. The van der Waals surface area contributed by atoms with Crippen LogP contribution in [0.2, 0.25) is 0 Å². The molecule has 0 saturated carbocycles. The van der Waals surface area contributed by atoms with E-state index in [9.17, 15) is 63.3 Å². The van der Waals surface area contributed by atoms with Crippen molar-refractivity contribution in [1.82, 2.24) is 51.8 Å². The van der Waals surface area contributed by atoms with Crippen LogP contribution in [0.4, 0.5) is 11.6 Å². The van der Waals surface area contributed by atoms with Crippen molar-refractivity contribution in [2.24, 2.45) is 16.5 Å². The molecule has 4 atom stereocenters. The number of carboxylic acid groups (broad SMARTS) is 5. The fraction of sp³-hybridized carbons (Fsp3) is 0.390. The molecule has 0 aliphatic heterocycles. The average molecular weight is 1050 g/mol. The number of nitrogens with one attached hydrogen (secondary N) is 8. The van der Waals surface area contributed by atoms with Crippen molar-refractivity contribution in [3.8, 4) is 0 Å². The molecule has 0 radical (unpaired) electrons. The summed E-state index contributed by atoms with van der Waals surface area (Å²) in [6.45, 7) is 6.01. The first-order valence-electron chi connectivity index (χ1n) is 21.3. The number of allylic oxidation sites excluding steroid dienone is 1. The lowest BCUT2D eigenvalue weighted by Gasteiger charge is -2.21. The first-order chi connectivity index (χ1) is 34.3. The van der Waals surface area contributed by atoms with Gasteiger partial charge >= 0.3 is 23.9 Å². The number of carbonyl (C=O) groups excluding carboxylic acids is 5. The summed E-state index contributed by atoms with van der Waals surface area (Å²) in [6, 6.07) is -0.240. The second kappa shape index (κ2) is 31.9. The van der Waals surface area contributed by atoms with Crippen molar-refractivity contribution in [3.63, 3.8) is 0 Å². The molecule has 0 saturated heterocycles. The topological polar surface area (TPSA) is 518 Å². The molecular formula is C41H57N15O16S. The number of carboxylic acids is 5. The number of nitrogen functional groups attached to an aromatic ring is 1. The standard InChI is InChI=1S/C35H42N12O14S.C4H11N3.C2H4O2/c1-15(41-20(8-25(50)51)30(55)39-12-23(48)43-21(9-26(52)53)31(56)40-13-24(49)44-22(14-62)34(60)61)2-7-19(33(58)59)45-29(54)16-3-5-17(6-4-16)37-10-18-11-38-28-27(42-18)32(57)47-35(36)46-28;1-2-3-7-4(5)6;1-2(3)4/h3-6,11,19-22,37,41,62H,1-2,7-10,12-14H2,(H,39,55)(H,40,56)(H,43,48)(H,44,49)(H,45,54)(H,50,51)(H,52,53)(H,58,59)(H,60,61)(H3,36,38,46,47,57);2-3H2,1H3,(H4,5,6,7);1H3,(H,3,4)/t19-,20-,21?,22?;;/m1../s1. The molecule has 5 amide bonds. The van der Waals surface area contributed by atoms with Gasteiger partial charge in [-0.1, -0.05) is 13.5 Å². The van der Waals surface area contributed by atoms with Gasteiger partial charge in [0.2, 0.25) is 29.6 Å². The molecule has 1 aromatic carbocycles. The Hall–Kier alpha value is -9.10. The van der Waals surface area contributed by atoms with Crippen molar-refractivity contribution in [1.29, 1.82) is 0 Å². The van der Waals surface area contributed by atoms with Gasteiger partial charge in [0.1, 0.15) is 24.2 Å². The molecule has 0 aliphatic carbocycles. The van der Waals surface area contributed by atoms with E-state index in [1.54, 1.807) is 12.1 Å². The molecular weight excluding hydrogens is 991 g/mol. The van der Waals surface area contributed by atoms with E-state index in [4.69, 9.17) is 32.2 Å². The molecule has 0 bridgehead atoms. The highest BCUT2D eigenvalue weighted by molar-refractivity contribution is 7.80. The Kier molecular flexibility index (Phi) is 27.1. The van der Waals surface area contributed by atoms with Crippen molar-refractivity contribution in [2.45, 2.75) is 76.7 Å². The number of hydrogen-bond donors (Lipinski definition) is 17. The second-order valence-electron chi connectivity index (χ2n) is 14.8. The van der Waals surface area contributed by atoms with E-state index in [2.05, 4.69) is 81.4 Å². The fourth-order valence-electron chi connectivity index (χ4n) is 5.39. The predicted octanol–water partition coefficient (Wildman–Crippen LogP) is -3.73. The number of fused-ring (bicyclic) bond motifs is 1. The first-order valence-corrected chi connectivity index (χ1v) is 21.9. The monoisotopic (exact) mass is 1050 g/mol. The van der Waals surface area contributed by atoms with Crippen LogP contribution in [0.15, 0.2) is 52.5 Å². The van der Waals surface area contributed by atoms with E-state index in [0.717, 1.165) is 19.9 Å². The number of nitrogens with two attached hydrogens (primary N) is 3. The van der Waals surface area contributed by atoms with Gasteiger partial charge in [-0.3, -0.25) is 53.1 Å². The lowest BCUT2D eigenvalue weighted by Crippen LogP contribution is -2.53. The number of aliphatic imine (C=N–C) groups is 1. The third-order valence-electron chi connectivity index (χ3n) is 8.73. The largest absolute Gasteiger partial charge is 0.481 e. The number of aromatic nitrogens is 4. The van der Waals surface area contributed by atoms with Crippen LogP contribution in [-0.4, -0.2) is 160 Å². The summed E-state index contributed by atoms with van der Waals surface area (Å²) in [5.41, 5.74) is 16.1. The normalized spacial score (nSPS) is 11.8. The summed E-state index contributed by atoms with van der Waals surface area (Å²) in [5.74, 6) is -11.8. The van der Waals surface area contributed by atoms with Crippen molar-refractivity contribution in [2.75, 3.05) is 36.4 Å².